The Hall–Kier alpha value is -1.43. The number of rotatable bonds is 48. The molecule has 0 aliphatic carbocycles. The highest BCUT2D eigenvalue weighted by Gasteiger charge is 2.22. The summed E-state index contributed by atoms with van der Waals surface area (Å²) in [6, 6.07) is -0.798. The quantitative estimate of drug-likeness (QED) is 0.0363. The third-order valence-electron chi connectivity index (χ3n) is 12.2. The van der Waals surface area contributed by atoms with Crippen LogP contribution in [0, 0.1) is 0 Å². The molecule has 0 saturated carbocycles. The first-order chi connectivity index (χ1) is 29.1. The summed E-state index contributed by atoms with van der Waals surface area (Å²) < 4.78 is 0. The summed E-state index contributed by atoms with van der Waals surface area (Å²) in [5.74, 6) is -0.502. The van der Waals surface area contributed by atoms with Crippen molar-refractivity contribution in [3.63, 3.8) is 0 Å². The number of nitrogens with one attached hydrogen (secondary N) is 1. The molecule has 0 bridgehead atoms. The van der Waals surface area contributed by atoms with Crippen molar-refractivity contribution in [1.82, 2.24) is 5.32 Å². The number of carbonyl (C=O) groups is 1. The molecule has 5 heteroatoms. The molecule has 0 saturated heterocycles. The molecule has 348 valence electrons. The van der Waals surface area contributed by atoms with Crippen LogP contribution in [0.25, 0.3) is 0 Å². The smallest absolute Gasteiger partial charge is 0.249 e. The second kappa shape index (κ2) is 49.2. The van der Waals surface area contributed by atoms with Gasteiger partial charge in [0.1, 0.15) is 6.10 Å². The Morgan fingerprint density at radius 1 is 0.424 bits per heavy atom. The first-order valence-corrected chi connectivity index (χ1v) is 26.3. The minimum Gasteiger partial charge on any atom is -0.394 e. The molecule has 0 radical (unpaired) electrons. The Labute approximate surface area is 368 Å². The fourth-order valence-electron chi connectivity index (χ4n) is 8.10. The Morgan fingerprint density at radius 3 is 1.07 bits per heavy atom. The number of unbranched alkanes of at least 4 members (excludes halogenated alkanes) is 36. The van der Waals surface area contributed by atoms with Gasteiger partial charge < -0.3 is 20.6 Å². The lowest BCUT2D eigenvalue weighted by Gasteiger charge is -2.21. The molecule has 3 atom stereocenters. The topological polar surface area (TPSA) is 89.8 Å². The monoisotopic (exact) mass is 830 g/mol. The van der Waals surface area contributed by atoms with E-state index in [-0.39, 0.29) is 6.61 Å². The Morgan fingerprint density at radius 2 is 0.729 bits per heavy atom. The van der Waals surface area contributed by atoms with Gasteiger partial charge in [-0.25, -0.2) is 0 Å². The molecule has 0 spiro atoms. The first-order valence-electron chi connectivity index (χ1n) is 26.3. The van der Waals surface area contributed by atoms with Gasteiger partial charge in [0.2, 0.25) is 5.91 Å². The van der Waals surface area contributed by atoms with E-state index in [1.54, 1.807) is 6.08 Å². The summed E-state index contributed by atoms with van der Waals surface area (Å²) >= 11 is 0. The second-order valence-corrected chi connectivity index (χ2v) is 18.1. The number of aliphatic hydroxyl groups is 3. The van der Waals surface area contributed by atoms with E-state index in [1.165, 1.54) is 218 Å². The highest BCUT2D eigenvalue weighted by molar-refractivity contribution is 5.80. The van der Waals surface area contributed by atoms with Crippen molar-refractivity contribution in [3.8, 4) is 0 Å². The van der Waals surface area contributed by atoms with E-state index in [1.807, 2.05) is 6.08 Å². The molecule has 1 amide bonds. The van der Waals surface area contributed by atoms with E-state index in [9.17, 15) is 20.1 Å². The normalized spacial score (nSPS) is 13.6. The fourth-order valence-corrected chi connectivity index (χ4v) is 8.10. The van der Waals surface area contributed by atoms with Crippen LogP contribution in [-0.2, 0) is 4.79 Å². The predicted molar refractivity (Wildman–Crippen MR) is 259 cm³/mol. The van der Waals surface area contributed by atoms with Gasteiger partial charge in [0.05, 0.1) is 18.8 Å². The summed E-state index contributed by atoms with van der Waals surface area (Å²) in [4.78, 5) is 12.5. The molecule has 0 fully saturated rings. The highest BCUT2D eigenvalue weighted by Crippen LogP contribution is 2.16. The van der Waals surface area contributed by atoms with Gasteiger partial charge in [0.15, 0.2) is 0 Å². The summed E-state index contributed by atoms with van der Waals surface area (Å²) in [6.07, 6.45) is 63.5. The number of hydrogen-bond donors (Lipinski definition) is 4. The van der Waals surface area contributed by atoms with Gasteiger partial charge in [0, 0.05) is 0 Å². The maximum absolute atomic E-state index is 12.5. The third kappa shape index (κ3) is 44.4. The van der Waals surface area contributed by atoms with Crippen LogP contribution in [0.1, 0.15) is 277 Å². The van der Waals surface area contributed by atoms with Gasteiger partial charge in [-0.15, -0.1) is 0 Å². The van der Waals surface area contributed by atoms with Crippen molar-refractivity contribution in [2.75, 3.05) is 6.61 Å². The SMILES string of the molecule is CCCCCCCCCCC/C=C\C/C=C\CCCCCCCCCCCCCCC(O)C(=O)NC(CO)C(O)/C=C/CCCCCCCCCCCCCCCCC. The van der Waals surface area contributed by atoms with Crippen LogP contribution in [-0.4, -0.2) is 46.1 Å². The van der Waals surface area contributed by atoms with Gasteiger partial charge in [0.25, 0.3) is 0 Å². The lowest BCUT2D eigenvalue weighted by atomic mass is 10.0. The van der Waals surface area contributed by atoms with Gasteiger partial charge in [-0.05, 0) is 51.4 Å². The lowest BCUT2D eigenvalue weighted by molar-refractivity contribution is -0.131. The molecule has 0 aromatic heterocycles. The van der Waals surface area contributed by atoms with Gasteiger partial charge in [-0.3, -0.25) is 4.79 Å². The van der Waals surface area contributed by atoms with E-state index >= 15 is 0 Å². The van der Waals surface area contributed by atoms with Gasteiger partial charge in [-0.2, -0.15) is 0 Å². The molecule has 3 unspecified atom stereocenters. The van der Waals surface area contributed by atoms with Crippen molar-refractivity contribution in [2.45, 2.75) is 295 Å². The molecule has 0 heterocycles. The van der Waals surface area contributed by atoms with Crippen LogP contribution in [0.5, 0.6) is 0 Å². The molecular formula is C54H103NO4. The average Bonchev–Trinajstić information content (AvgIpc) is 3.24. The first kappa shape index (κ1) is 57.6. The summed E-state index contributed by atoms with van der Waals surface area (Å²) in [7, 11) is 0. The van der Waals surface area contributed by atoms with Crippen molar-refractivity contribution in [2.24, 2.45) is 0 Å². The molecule has 5 nitrogen and oxygen atoms in total. The molecule has 0 aliphatic heterocycles. The Balaban J connectivity index is 3.59. The zero-order valence-corrected chi connectivity index (χ0v) is 39.6. The lowest BCUT2D eigenvalue weighted by Crippen LogP contribution is -2.48. The largest absolute Gasteiger partial charge is 0.394 e. The van der Waals surface area contributed by atoms with E-state index in [0.29, 0.717) is 6.42 Å². The highest BCUT2D eigenvalue weighted by atomic mass is 16.3. The third-order valence-corrected chi connectivity index (χ3v) is 12.2. The molecule has 0 aromatic carbocycles. The Kier molecular flexibility index (Phi) is 48.0. The molecular weight excluding hydrogens is 727 g/mol. The maximum Gasteiger partial charge on any atom is 0.249 e. The van der Waals surface area contributed by atoms with Crippen LogP contribution < -0.4 is 5.32 Å². The minimum atomic E-state index is -1.10. The van der Waals surface area contributed by atoms with Crippen molar-refractivity contribution in [1.29, 1.82) is 0 Å². The zero-order valence-electron chi connectivity index (χ0n) is 39.6. The minimum absolute atomic E-state index is 0.363. The van der Waals surface area contributed by atoms with Gasteiger partial charge >= 0.3 is 0 Å². The van der Waals surface area contributed by atoms with E-state index in [2.05, 4.69) is 43.5 Å². The van der Waals surface area contributed by atoms with Crippen molar-refractivity contribution in [3.05, 3.63) is 36.5 Å². The number of amides is 1. The van der Waals surface area contributed by atoms with Crippen LogP contribution in [0.4, 0.5) is 0 Å². The van der Waals surface area contributed by atoms with Gasteiger partial charge in [-0.1, -0.05) is 262 Å². The average molecular weight is 830 g/mol. The van der Waals surface area contributed by atoms with E-state index in [4.69, 9.17) is 0 Å². The van der Waals surface area contributed by atoms with Crippen LogP contribution in [0.3, 0.4) is 0 Å². The Bertz CT molecular complexity index is 916. The summed E-state index contributed by atoms with van der Waals surface area (Å²) in [5, 5.41) is 33.3. The van der Waals surface area contributed by atoms with Crippen LogP contribution in [0.15, 0.2) is 36.5 Å². The maximum atomic E-state index is 12.5. The van der Waals surface area contributed by atoms with Crippen LogP contribution in [0.2, 0.25) is 0 Å². The molecule has 59 heavy (non-hydrogen) atoms. The predicted octanol–water partition coefficient (Wildman–Crippen LogP) is 15.9. The van der Waals surface area contributed by atoms with Crippen molar-refractivity contribution < 1.29 is 20.1 Å². The number of allylic oxidation sites excluding steroid dienone is 5. The number of hydrogen-bond acceptors (Lipinski definition) is 4. The molecule has 0 aromatic rings. The number of aliphatic hydroxyl groups excluding tert-OH is 3. The summed E-state index contributed by atoms with van der Waals surface area (Å²) in [5.41, 5.74) is 0. The zero-order chi connectivity index (χ0) is 43.0. The van der Waals surface area contributed by atoms with E-state index < -0.39 is 24.2 Å². The molecule has 4 N–H and O–H groups in total. The molecule has 0 aliphatic rings. The molecule has 0 rings (SSSR count). The van der Waals surface area contributed by atoms with Crippen molar-refractivity contribution >= 4 is 5.91 Å². The fraction of sp³-hybridized carbons (Fsp3) is 0.870. The van der Waals surface area contributed by atoms with E-state index in [0.717, 1.165) is 38.5 Å². The number of carbonyl (C=O) groups excluding carboxylic acids is 1. The van der Waals surface area contributed by atoms with Crippen LogP contribution >= 0.6 is 0 Å². The summed E-state index contributed by atoms with van der Waals surface area (Å²) in [6.45, 7) is 4.20. The second-order valence-electron chi connectivity index (χ2n) is 18.1. The standard InChI is InChI=1S/C54H103NO4/c1-3-5-7-9-11-13-15-17-19-21-22-23-24-25-26-27-28-29-30-31-33-35-37-39-41-43-45-47-49-53(58)54(59)55-51(50-56)52(57)48-46-44-42-40-38-36-34-32-20-18-16-14-12-10-8-6-4-2/h22-23,25-26,46,48,51-53,56-58H,3-21,24,27-45,47,49-50H2,1-2H3,(H,55,59)/b23-22-,26-25-,48-46+.